The zero-order valence-electron chi connectivity index (χ0n) is 13.8. The molecule has 8 heteroatoms. The minimum atomic E-state index is -4.66. The van der Waals surface area contributed by atoms with E-state index >= 15 is 0 Å². The summed E-state index contributed by atoms with van der Waals surface area (Å²) >= 11 is 0. The maximum atomic E-state index is 13.8. The van der Waals surface area contributed by atoms with Crippen LogP contribution in [0, 0.1) is 5.82 Å². The molecule has 0 aliphatic rings. The number of hydrogen-bond donors (Lipinski definition) is 1. The Bertz CT molecular complexity index is 935. The van der Waals surface area contributed by atoms with Crippen molar-refractivity contribution in [2.24, 2.45) is 0 Å². The van der Waals surface area contributed by atoms with Gasteiger partial charge < -0.3 is 5.11 Å². The number of aromatic nitrogens is 2. The van der Waals surface area contributed by atoms with E-state index in [1.807, 2.05) is 0 Å². The van der Waals surface area contributed by atoms with Gasteiger partial charge in [0, 0.05) is 5.69 Å². The summed E-state index contributed by atoms with van der Waals surface area (Å²) in [4.78, 5) is 15.3. The summed E-state index contributed by atoms with van der Waals surface area (Å²) in [6, 6.07) is 12.6. The second kappa shape index (κ2) is 7.22. The zero-order chi connectivity index (χ0) is 19.6. The van der Waals surface area contributed by atoms with Crippen LogP contribution >= 0.6 is 0 Å². The van der Waals surface area contributed by atoms with Gasteiger partial charge in [0.25, 0.3) is 0 Å². The number of rotatable bonds is 5. The Hall–Kier alpha value is -3.16. The summed E-state index contributed by atoms with van der Waals surface area (Å²) in [5.41, 5.74) is 0.0906. The Morgan fingerprint density at radius 2 is 1.70 bits per heavy atom. The second-order valence-electron chi connectivity index (χ2n) is 5.90. The van der Waals surface area contributed by atoms with Gasteiger partial charge in [-0.2, -0.15) is 13.2 Å². The van der Waals surface area contributed by atoms with Crippen molar-refractivity contribution in [1.29, 1.82) is 0 Å². The Morgan fingerprint density at radius 1 is 1.07 bits per heavy atom. The molecule has 0 radical (unpaired) electrons. The number of aromatic carboxylic acids is 1. The molecule has 0 amide bonds. The van der Waals surface area contributed by atoms with Gasteiger partial charge >= 0.3 is 12.1 Å². The molecule has 1 unspecified atom stereocenters. The molecule has 27 heavy (non-hydrogen) atoms. The largest absolute Gasteiger partial charge is 0.477 e. The summed E-state index contributed by atoms with van der Waals surface area (Å²) in [5.74, 6) is -4.51. The van der Waals surface area contributed by atoms with Gasteiger partial charge in [0.1, 0.15) is 17.6 Å². The molecule has 0 aliphatic heterocycles. The number of carboxylic acids is 1. The number of nitrogens with zero attached hydrogens (tertiary/aromatic N) is 2. The third-order valence-electron chi connectivity index (χ3n) is 4.08. The van der Waals surface area contributed by atoms with Crippen LogP contribution in [0.3, 0.4) is 0 Å². The smallest absolute Gasteiger partial charge is 0.399 e. The fourth-order valence-electron chi connectivity index (χ4n) is 2.83. The van der Waals surface area contributed by atoms with E-state index in [9.17, 15) is 27.5 Å². The van der Waals surface area contributed by atoms with Gasteiger partial charge in [0.05, 0.1) is 6.20 Å². The van der Waals surface area contributed by atoms with Crippen molar-refractivity contribution in [3.05, 3.63) is 83.7 Å². The average molecular weight is 378 g/mol. The topological polar surface area (TPSA) is 55.1 Å². The third kappa shape index (κ3) is 3.99. The quantitative estimate of drug-likeness (QED) is 0.661. The highest BCUT2D eigenvalue weighted by Gasteiger charge is 2.44. The molecule has 0 bridgehead atoms. The first kappa shape index (κ1) is 18.6. The van der Waals surface area contributed by atoms with Gasteiger partial charge in [-0.05, 0) is 36.2 Å². The van der Waals surface area contributed by atoms with Crippen LogP contribution in [0.4, 0.5) is 17.6 Å². The average Bonchev–Trinajstić information content (AvgIpc) is 3.05. The number of alkyl halides is 3. The van der Waals surface area contributed by atoms with Gasteiger partial charge in [-0.3, -0.25) is 4.57 Å². The minimum absolute atomic E-state index is 0.0867. The summed E-state index contributed by atoms with van der Waals surface area (Å²) in [5, 5.41) is 9.35. The van der Waals surface area contributed by atoms with Crippen molar-refractivity contribution in [3.8, 4) is 5.69 Å². The van der Waals surface area contributed by atoms with Crippen LogP contribution in [0.5, 0.6) is 0 Å². The maximum Gasteiger partial charge on any atom is 0.399 e. The van der Waals surface area contributed by atoms with E-state index in [1.54, 1.807) is 30.3 Å². The third-order valence-corrected chi connectivity index (χ3v) is 4.08. The van der Waals surface area contributed by atoms with E-state index in [4.69, 9.17) is 0 Å². The van der Waals surface area contributed by atoms with Crippen LogP contribution < -0.4 is 0 Å². The first-order chi connectivity index (χ1) is 12.8. The molecule has 4 nitrogen and oxygen atoms in total. The van der Waals surface area contributed by atoms with Gasteiger partial charge in [0.15, 0.2) is 5.69 Å². The van der Waals surface area contributed by atoms with Crippen molar-refractivity contribution < 1.29 is 27.5 Å². The molecule has 1 atom stereocenters. The molecule has 0 aliphatic carbocycles. The predicted molar refractivity (Wildman–Crippen MR) is 89.4 cm³/mol. The van der Waals surface area contributed by atoms with Crippen molar-refractivity contribution in [2.75, 3.05) is 0 Å². The number of halogens is 4. The van der Waals surface area contributed by atoms with Crippen LogP contribution in [-0.4, -0.2) is 26.8 Å². The lowest BCUT2D eigenvalue weighted by molar-refractivity contribution is -0.152. The highest BCUT2D eigenvalue weighted by atomic mass is 19.4. The van der Waals surface area contributed by atoms with Crippen molar-refractivity contribution in [2.45, 2.75) is 18.5 Å². The molecule has 0 spiro atoms. The van der Waals surface area contributed by atoms with Crippen molar-refractivity contribution >= 4 is 5.97 Å². The lowest BCUT2D eigenvalue weighted by atomic mass is 9.97. The Labute approximate surface area is 151 Å². The van der Waals surface area contributed by atoms with Gasteiger partial charge in [-0.1, -0.05) is 30.3 Å². The number of benzene rings is 2. The van der Waals surface area contributed by atoms with Gasteiger partial charge in [0.2, 0.25) is 0 Å². The van der Waals surface area contributed by atoms with Crippen molar-refractivity contribution in [1.82, 2.24) is 9.55 Å². The van der Waals surface area contributed by atoms with E-state index < -0.39 is 41.8 Å². The Balaban J connectivity index is 2.15. The molecular formula is C19H14F4N2O2. The molecular weight excluding hydrogens is 364 g/mol. The lowest BCUT2D eigenvalue weighted by Crippen LogP contribution is -2.26. The molecule has 3 rings (SSSR count). The number of carbonyl (C=O) groups is 1. The van der Waals surface area contributed by atoms with Crippen LogP contribution in [-0.2, 0) is 6.42 Å². The van der Waals surface area contributed by atoms with Crippen LogP contribution in [0.1, 0.15) is 27.8 Å². The first-order valence-electron chi connectivity index (χ1n) is 7.95. The molecule has 0 fully saturated rings. The highest BCUT2D eigenvalue weighted by molar-refractivity contribution is 5.86. The monoisotopic (exact) mass is 378 g/mol. The van der Waals surface area contributed by atoms with E-state index in [2.05, 4.69) is 4.98 Å². The SMILES string of the molecule is O=C(O)c1cnc(C(Cc2ccccc2)C(F)(F)F)n1-c1ccc(F)cc1. The van der Waals surface area contributed by atoms with Crippen LogP contribution in [0.25, 0.3) is 5.69 Å². The van der Waals surface area contributed by atoms with Crippen LogP contribution in [0.15, 0.2) is 60.8 Å². The highest BCUT2D eigenvalue weighted by Crippen LogP contribution is 2.38. The van der Waals surface area contributed by atoms with Gasteiger partial charge in [-0.15, -0.1) is 0 Å². The lowest BCUT2D eigenvalue weighted by Gasteiger charge is -2.22. The van der Waals surface area contributed by atoms with Crippen LogP contribution in [0.2, 0.25) is 0 Å². The molecule has 3 aromatic rings. The molecule has 1 N–H and O–H groups in total. The van der Waals surface area contributed by atoms with E-state index in [-0.39, 0.29) is 5.69 Å². The summed E-state index contributed by atoms with van der Waals surface area (Å²) in [6.07, 6.45) is -4.18. The molecule has 0 saturated heterocycles. The number of hydrogen-bond acceptors (Lipinski definition) is 2. The molecule has 1 heterocycles. The number of imidazole rings is 1. The molecule has 0 saturated carbocycles. The second-order valence-corrected chi connectivity index (χ2v) is 5.90. The van der Waals surface area contributed by atoms with E-state index in [1.165, 1.54) is 12.1 Å². The maximum absolute atomic E-state index is 13.8. The molecule has 140 valence electrons. The normalized spacial score (nSPS) is 12.7. The fraction of sp³-hybridized carbons (Fsp3) is 0.158. The first-order valence-corrected chi connectivity index (χ1v) is 7.95. The molecule has 2 aromatic carbocycles. The minimum Gasteiger partial charge on any atom is -0.477 e. The Kier molecular flexibility index (Phi) is 4.98. The standard InChI is InChI=1S/C19H14F4N2O2/c20-13-6-8-14(9-7-13)25-16(18(26)27)11-24-17(25)15(19(21,22)23)10-12-4-2-1-3-5-12/h1-9,11,15H,10H2,(H,26,27). The predicted octanol–water partition coefficient (Wildman–Crippen LogP) is 4.60. The number of carboxylic acid groups (broad SMARTS) is 1. The fourth-order valence-corrected chi connectivity index (χ4v) is 2.83. The van der Waals surface area contributed by atoms with E-state index in [0.29, 0.717) is 5.56 Å². The summed E-state index contributed by atoms with van der Waals surface area (Å²) in [6.45, 7) is 0. The summed E-state index contributed by atoms with van der Waals surface area (Å²) in [7, 11) is 0. The summed E-state index contributed by atoms with van der Waals surface area (Å²) < 4.78 is 55.5. The zero-order valence-corrected chi connectivity index (χ0v) is 13.8. The van der Waals surface area contributed by atoms with Crippen molar-refractivity contribution in [3.63, 3.8) is 0 Å². The van der Waals surface area contributed by atoms with E-state index in [0.717, 1.165) is 22.9 Å². The van der Waals surface area contributed by atoms with Gasteiger partial charge in [-0.25, -0.2) is 14.2 Å². The molecule has 1 aromatic heterocycles. The Morgan fingerprint density at radius 3 is 2.26 bits per heavy atom.